The van der Waals surface area contributed by atoms with Gasteiger partial charge in [-0.1, -0.05) is 13.0 Å². The van der Waals surface area contributed by atoms with Crippen molar-refractivity contribution in [2.45, 2.75) is 25.0 Å². The van der Waals surface area contributed by atoms with Crippen LogP contribution in [0.15, 0.2) is 62.1 Å². The van der Waals surface area contributed by atoms with Crippen LogP contribution >= 0.6 is 0 Å². The molecule has 8 nitrogen and oxygen atoms in total. The molecule has 0 amide bonds. The monoisotopic (exact) mass is 447 g/mol. The van der Waals surface area contributed by atoms with Crippen LogP contribution in [0.3, 0.4) is 0 Å². The third kappa shape index (κ3) is 5.27. The van der Waals surface area contributed by atoms with E-state index in [0.29, 0.717) is 6.07 Å². The highest BCUT2D eigenvalue weighted by Crippen LogP contribution is 2.39. The summed E-state index contributed by atoms with van der Waals surface area (Å²) < 4.78 is 54.8. The van der Waals surface area contributed by atoms with Gasteiger partial charge in [0.2, 0.25) is 0 Å². The summed E-state index contributed by atoms with van der Waals surface area (Å²) in [6.07, 6.45) is 8.15. The summed E-state index contributed by atoms with van der Waals surface area (Å²) in [5.41, 5.74) is -2.25. The van der Waals surface area contributed by atoms with E-state index in [0.717, 1.165) is 37.1 Å². The molecule has 166 valence electrons. The van der Waals surface area contributed by atoms with Gasteiger partial charge in [0.05, 0.1) is 30.8 Å². The van der Waals surface area contributed by atoms with Crippen LogP contribution in [0.1, 0.15) is 24.1 Å². The van der Waals surface area contributed by atoms with Gasteiger partial charge in [-0.3, -0.25) is 0 Å². The lowest BCUT2D eigenvalue weighted by Gasteiger charge is -2.34. The molecule has 0 spiro atoms. The van der Waals surface area contributed by atoms with E-state index in [1.54, 1.807) is 0 Å². The first-order chi connectivity index (χ1) is 15.3. The lowest BCUT2D eigenvalue weighted by atomic mass is 9.79. The summed E-state index contributed by atoms with van der Waals surface area (Å²) in [6.45, 7) is 1.26. The number of aliphatic hydroxyl groups is 1. The van der Waals surface area contributed by atoms with Gasteiger partial charge in [0.25, 0.3) is 0 Å². The quantitative estimate of drug-likeness (QED) is 0.470. The molecule has 0 saturated heterocycles. The molecule has 0 saturated carbocycles. The zero-order valence-corrected chi connectivity index (χ0v) is 16.6. The molecule has 0 aliphatic carbocycles. The van der Waals surface area contributed by atoms with Gasteiger partial charge in [-0.25, -0.2) is 47.2 Å². The molecule has 0 bridgehead atoms. The predicted molar refractivity (Wildman–Crippen MR) is 103 cm³/mol. The number of hydrogen-bond donors (Lipinski definition) is 1. The summed E-state index contributed by atoms with van der Waals surface area (Å²) in [5.74, 6) is -3.87. The van der Waals surface area contributed by atoms with E-state index in [1.165, 1.54) is 30.6 Å². The number of nitrogens with zero attached hydrogens (tertiary/aromatic N) is 7. The summed E-state index contributed by atoms with van der Waals surface area (Å²) >= 11 is 0. The smallest absolute Gasteiger partial charge is 0.163 e. The van der Waals surface area contributed by atoms with E-state index in [4.69, 9.17) is 0 Å². The van der Waals surface area contributed by atoms with Crippen molar-refractivity contribution in [1.82, 2.24) is 34.7 Å². The number of hydrogen-bond acceptors (Lipinski definition) is 7. The molecule has 0 radical (unpaired) electrons. The topological polar surface area (TPSA) is 102 Å². The van der Waals surface area contributed by atoms with E-state index >= 15 is 0 Å². The third-order valence-corrected chi connectivity index (χ3v) is 4.62. The summed E-state index contributed by atoms with van der Waals surface area (Å²) in [4.78, 5) is 18.0. The Balaban J connectivity index is 0.000000352. The molecule has 0 aliphatic rings. The van der Waals surface area contributed by atoms with E-state index in [9.17, 15) is 22.7 Å². The second kappa shape index (κ2) is 10.0. The highest BCUT2D eigenvalue weighted by atomic mass is 19.1. The van der Waals surface area contributed by atoms with Crippen molar-refractivity contribution in [2.75, 3.05) is 0 Å². The molecule has 0 fully saturated rings. The predicted octanol–water partition coefficient (Wildman–Crippen LogP) is 2.79. The SMILES string of the molecule is C[C@@H](c1ncncc1F)[C@](O)(Cn1cncn1)c1ccc(F)cc1F.Fc1cncnc1. The fourth-order valence-corrected chi connectivity index (χ4v) is 3.01. The van der Waals surface area contributed by atoms with Gasteiger partial charge in [0.1, 0.15) is 42.5 Å². The molecule has 3 aromatic heterocycles. The van der Waals surface area contributed by atoms with Gasteiger partial charge in [0, 0.05) is 17.5 Å². The van der Waals surface area contributed by atoms with Crippen LogP contribution < -0.4 is 0 Å². The van der Waals surface area contributed by atoms with Gasteiger partial charge in [-0.2, -0.15) is 5.10 Å². The molecule has 0 aliphatic heterocycles. The Kier molecular flexibility index (Phi) is 7.15. The lowest BCUT2D eigenvalue weighted by molar-refractivity contribution is -0.0133. The average molecular weight is 447 g/mol. The normalized spacial score (nSPS) is 13.6. The summed E-state index contributed by atoms with van der Waals surface area (Å²) in [6, 6.07) is 2.80. The number of aromatic nitrogens is 7. The maximum Gasteiger partial charge on any atom is 0.163 e. The van der Waals surface area contributed by atoms with Gasteiger partial charge in [-0.05, 0) is 6.07 Å². The Morgan fingerprint density at radius 1 is 0.906 bits per heavy atom. The number of halogens is 4. The van der Waals surface area contributed by atoms with Crippen molar-refractivity contribution in [2.24, 2.45) is 0 Å². The maximum atomic E-state index is 14.4. The van der Waals surface area contributed by atoms with Crippen LogP contribution in [-0.2, 0) is 12.1 Å². The van der Waals surface area contributed by atoms with Crippen LogP contribution in [0.2, 0.25) is 0 Å². The van der Waals surface area contributed by atoms with Gasteiger partial charge < -0.3 is 5.11 Å². The third-order valence-electron chi connectivity index (χ3n) is 4.62. The second-order valence-corrected chi connectivity index (χ2v) is 6.68. The van der Waals surface area contributed by atoms with Crippen LogP contribution in [0, 0.1) is 23.3 Å². The van der Waals surface area contributed by atoms with E-state index in [1.807, 2.05) is 0 Å². The number of benzene rings is 1. The first-order valence-electron chi connectivity index (χ1n) is 9.17. The molecule has 4 rings (SSSR count). The van der Waals surface area contributed by atoms with E-state index < -0.39 is 34.8 Å². The minimum absolute atomic E-state index is 0.0960. The standard InChI is InChI=1S/C16H14F3N5O.C4H3FN2/c1-10(15-14(19)5-20-7-22-15)16(25,6-24-9-21-8-23-24)12-3-2-11(17)4-13(12)18;5-4-1-6-3-7-2-4/h2-5,7-10,25H,6H2,1H3;1-3H/t10-,16+;/m0./s1. The van der Waals surface area contributed by atoms with Crippen molar-refractivity contribution >= 4 is 0 Å². The zero-order chi connectivity index (χ0) is 23.1. The van der Waals surface area contributed by atoms with Crippen molar-refractivity contribution < 1.29 is 22.7 Å². The minimum Gasteiger partial charge on any atom is -0.382 e. The molecule has 1 N–H and O–H groups in total. The minimum atomic E-state index is -1.96. The first kappa shape index (κ1) is 22.9. The molecule has 4 aromatic rings. The molecule has 1 aromatic carbocycles. The molecule has 3 heterocycles. The van der Waals surface area contributed by atoms with Crippen LogP contribution in [0.5, 0.6) is 0 Å². The van der Waals surface area contributed by atoms with Gasteiger partial charge in [0.15, 0.2) is 11.6 Å². The zero-order valence-electron chi connectivity index (χ0n) is 16.6. The molecule has 0 unspecified atom stereocenters. The van der Waals surface area contributed by atoms with Crippen molar-refractivity contribution in [1.29, 1.82) is 0 Å². The molecular formula is C20H17F4N7O. The van der Waals surface area contributed by atoms with Crippen LogP contribution in [0.4, 0.5) is 17.6 Å². The highest BCUT2D eigenvalue weighted by molar-refractivity contribution is 5.30. The molecule has 2 atom stereocenters. The lowest BCUT2D eigenvalue weighted by Crippen LogP contribution is -2.39. The summed E-state index contributed by atoms with van der Waals surface area (Å²) in [7, 11) is 0. The summed E-state index contributed by atoms with van der Waals surface area (Å²) in [5, 5.41) is 15.2. The first-order valence-corrected chi connectivity index (χ1v) is 9.17. The number of rotatable bonds is 5. The highest BCUT2D eigenvalue weighted by Gasteiger charge is 2.41. The average Bonchev–Trinajstić information content (AvgIpc) is 3.27. The molecular weight excluding hydrogens is 430 g/mol. The Labute approximate surface area is 179 Å². The van der Waals surface area contributed by atoms with Crippen molar-refractivity contribution in [3.63, 3.8) is 0 Å². The largest absolute Gasteiger partial charge is 0.382 e. The van der Waals surface area contributed by atoms with Crippen molar-refractivity contribution in [3.8, 4) is 0 Å². The fourth-order valence-electron chi connectivity index (χ4n) is 3.01. The van der Waals surface area contributed by atoms with Crippen molar-refractivity contribution in [3.05, 3.63) is 96.6 Å². The Morgan fingerprint density at radius 3 is 2.19 bits per heavy atom. The second-order valence-electron chi connectivity index (χ2n) is 6.68. The van der Waals surface area contributed by atoms with E-state index in [2.05, 4.69) is 30.0 Å². The van der Waals surface area contributed by atoms with Crippen LogP contribution in [0.25, 0.3) is 0 Å². The Bertz CT molecular complexity index is 1150. The fraction of sp³-hybridized carbons (Fsp3) is 0.200. The van der Waals surface area contributed by atoms with Gasteiger partial charge in [-0.15, -0.1) is 0 Å². The van der Waals surface area contributed by atoms with E-state index in [-0.39, 0.29) is 17.8 Å². The van der Waals surface area contributed by atoms with Gasteiger partial charge >= 0.3 is 0 Å². The molecule has 12 heteroatoms. The van der Waals surface area contributed by atoms with Crippen LogP contribution in [-0.4, -0.2) is 39.8 Å². The Morgan fingerprint density at radius 2 is 1.62 bits per heavy atom. The Hall–Kier alpha value is -3.80. The maximum absolute atomic E-state index is 14.4. The molecule has 32 heavy (non-hydrogen) atoms.